The summed E-state index contributed by atoms with van der Waals surface area (Å²) in [7, 11) is 1.87. The van der Waals surface area contributed by atoms with Crippen molar-refractivity contribution in [1.82, 2.24) is 24.9 Å². The molecule has 2 fully saturated rings. The second-order valence-electron chi connectivity index (χ2n) is 8.31. The molecule has 3 heterocycles. The Labute approximate surface area is 173 Å². The fraction of sp³-hybridized carbons (Fsp3) is 0.762. The lowest BCUT2D eigenvalue weighted by Crippen LogP contribution is -2.47. The Bertz CT molecular complexity index is 679. The number of likely N-dealkylation sites (tertiary alicyclic amines) is 1. The van der Waals surface area contributed by atoms with Crippen LogP contribution >= 0.6 is 0 Å². The van der Waals surface area contributed by atoms with Crippen LogP contribution in [-0.2, 0) is 20.7 Å². The zero-order valence-corrected chi connectivity index (χ0v) is 18.1. The third kappa shape index (κ3) is 5.79. The number of hydrogen-bond acceptors (Lipinski definition) is 5. The van der Waals surface area contributed by atoms with E-state index in [1.165, 1.54) is 5.56 Å². The lowest BCUT2D eigenvalue weighted by molar-refractivity contribution is -0.142. The average molecular weight is 406 g/mol. The minimum atomic E-state index is -0.0902. The minimum absolute atomic E-state index is 0.0902. The third-order valence-corrected chi connectivity index (χ3v) is 6.21. The molecule has 0 spiro atoms. The number of nitrogens with one attached hydrogen (secondary N) is 1. The van der Waals surface area contributed by atoms with Crippen LogP contribution in [0.2, 0.25) is 0 Å². The minimum Gasteiger partial charge on any atom is -0.379 e. The van der Waals surface area contributed by atoms with Gasteiger partial charge in [0.1, 0.15) is 0 Å². The maximum atomic E-state index is 12.9. The molecular weight excluding hydrogens is 370 g/mol. The summed E-state index contributed by atoms with van der Waals surface area (Å²) in [4.78, 5) is 31.4. The van der Waals surface area contributed by atoms with Gasteiger partial charge in [-0.05, 0) is 38.7 Å². The van der Waals surface area contributed by atoms with Gasteiger partial charge in [0, 0.05) is 58.4 Å². The number of aromatic nitrogens is 2. The first-order valence-corrected chi connectivity index (χ1v) is 10.8. The van der Waals surface area contributed by atoms with Crippen molar-refractivity contribution < 1.29 is 14.3 Å². The van der Waals surface area contributed by atoms with Crippen molar-refractivity contribution in [3.63, 3.8) is 0 Å². The molecule has 2 amide bonds. The molecule has 1 N–H and O–H groups in total. The highest BCUT2D eigenvalue weighted by Gasteiger charge is 2.31. The van der Waals surface area contributed by atoms with Gasteiger partial charge in [0.15, 0.2) is 0 Å². The van der Waals surface area contributed by atoms with Gasteiger partial charge >= 0.3 is 0 Å². The average Bonchev–Trinajstić information content (AvgIpc) is 3.05. The molecule has 0 saturated carbocycles. The van der Waals surface area contributed by atoms with E-state index >= 15 is 0 Å². The van der Waals surface area contributed by atoms with E-state index in [9.17, 15) is 9.59 Å². The Morgan fingerprint density at radius 2 is 2.03 bits per heavy atom. The zero-order chi connectivity index (χ0) is 20.8. The molecule has 1 aromatic rings. The van der Waals surface area contributed by atoms with Gasteiger partial charge in [0.2, 0.25) is 11.8 Å². The van der Waals surface area contributed by atoms with Gasteiger partial charge in [0.05, 0.1) is 24.8 Å². The van der Waals surface area contributed by atoms with Crippen LogP contribution in [0.15, 0.2) is 0 Å². The van der Waals surface area contributed by atoms with E-state index in [0.717, 1.165) is 63.6 Å². The first-order chi connectivity index (χ1) is 14.0. The smallest absolute Gasteiger partial charge is 0.227 e. The lowest BCUT2D eigenvalue weighted by atomic mass is 9.95. The van der Waals surface area contributed by atoms with Gasteiger partial charge in [-0.2, -0.15) is 5.10 Å². The molecule has 0 aliphatic carbocycles. The van der Waals surface area contributed by atoms with Crippen molar-refractivity contribution in [3.8, 4) is 0 Å². The number of nitrogens with zero attached hydrogens (tertiary/aromatic N) is 4. The number of carbonyl (C=O) groups is 2. The molecule has 2 saturated heterocycles. The van der Waals surface area contributed by atoms with Gasteiger partial charge in [-0.1, -0.05) is 0 Å². The van der Waals surface area contributed by atoms with E-state index in [-0.39, 0.29) is 17.7 Å². The Hall–Kier alpha value is -1.93. The second-order valence-corrected chi connectivity index (χ2v) is 8.31. The summed E-state index contributed by atoms with van der Waals surface area (Å²) in [5.74, 6) is 0.241. The van der Waals surface area contributed by atoms with Crippen LogP contribution in [0.4, 0.5) is 0 Å². The van der Waals surface area contributed by atoms with E-state index in [0.29, 0.717) is 25.9 Å². The fourth-order valence-electron chi connectivity index (χ4n) is 4.29. The molecule has 3 rings (SSSR count). The molecule has 1 aromatic heterocycles. The maximum Gasteiger partial charge on any atom is 0.227 e. The first kappa shape index (κ1) is 21.8. The molecule has 1 atom stereocenters. The number of hydrogen-bond donors (Lipinski definition) is 1. The lowest BCUT2D eigenvalue weighted by Gasteiger charge is -2.34. The summed E-state index contributed by atoms with van der Waals surface area (Å²) in [5.41, 5.74) is 3.25. The molecule has 0 radical (unpaired) electrons. The standard InChI is InChI=1S/C21H35N5O3/c1-16-19(17(2)23-22-16)7-10-24(3)21(28)18-5-6-20(27)26(15-18)9-4-8-25-11-13-29-14-12-25/h18H,4-15H2,1-3H3,(H,22,23)/t18-/m1/s1. The number of aromatic amines is 1. The Kier molecular flexibility index (Phi) is 7.66. The summed E-state index contributed by atoms with van der Waals surface area (Å²) in [6.45, 7) is 10.5. The molecule has 0 bridgehead atoms. The molecule has 2 aliphatic heterocycles. The topological polar surface area (TPSA) is 81.8 Å². The highest BCUT2D eigenvalue weighted by molar-refractivity contribution is 5.83. The molecule has 8 nitrogen and oxygen atoms in total. The van der Waals surface area contributed by atoms with Gasteiger partial charge in [0.25, 0.3) is 0 Å². The number of aryl methyl sites for hydroxylation is 2. The number of rotatable bonds is 8. The van der Waals surface area contributed by atoms with Crippen LogP contribution in [0.25, 0.3) is 0 Å². The maximum absolute atomic E-state index is 12.9. The van der Waals surface area contributed by atoms with E-state index in [1.807, 2.05) is 30.7 Å². The highest BCUT2D eigenvalue weighted by atomic mass is 16.5. The number of likely N-dealkylation sites (N-methyl/N-ethyl adjacent to an activating group) is 1. The van der Waals surface area contributed by atoms with Crippen LogP contribution in [-0.4, -0.2) is 96.2 Å². The van der Waals surface area contributed by atoms with Crippen molar-refractivity contribution in [3.05, 3.63) is 17.0 Å². The van der Waals surface area contributed by atoms with Crippen LogP contribution in [0, 0.1) is 19.8 Å². The number of ether oxygens (including phenoxy) is 1. The fourth-order valence-corrected chi connectivity index (χ4v) is 4.29. The van der Waals surface area contributed by atoms with Crippen molar-refractivity contribution in [1.29, 1.82) is 0 Å². The number of amides is 2. The highest BCUT2D eigenvalue weighted by Crippen LogP contribution is 2.20. The van der Waals surface area contributed by atoms with E-state index < -0.39 is 0 Å². The first-order valence-electron chi connectivity index (χ1n) is 10.8. The molecule has 162 valence electrons. The van der Waals surface area contributed by atoms with Gasteiger partial charge in [-0.3, -0.25) is 19.6 Å². The largest absolute Gasteiger partial charge is 0.379 e. The third-order valence-electron chi connectivity index (χ3n) is 6.21. The summed E-state index contributed by atoms with van der Waals surface area (Å²) in [5, 5.41) is 7.23. The van der Waals surface area contributed by atoms with Crippen LogP contribution in [0.1, 0.15) is 36.2 Å². The van der Waals surface area contributed by atoms with Crippen LogP contribution in [0.3, 0.4) is 0 Å². The molecular formula is C21H35N5O3. The second kappa shape index (κ2) is 10.2. The number of carbonyl (C=O) groups excluding carboxylic acids is 2. The number of piperidine rings is 1. The molecule has 0 aromatic carbocycles. The SMILES string of the molecule is Cc1n[nH]c(C)c1CCN(C)C(=O)[C@@H]1CCC(=O)N(CCCN2CCOCC2)C1. The Morgan fingerprint density at radius 3 is 2.72 bits per heavy atom. The van der Waals surface area contributed by atoms with Crippen molar-refractivity contribution in [2.24, 2.45) is 5.92 Å². The van der Waals surface area contributed by atoms with Crippen molar-refractivity contribution in [2.75, 3.05) is 59.5 Å². The Morgan fingerprint density at radius 1 is 1.28 bits per heavy atom. The van der Waals surface area contributed by atoms with E-state index in [2.05, 4.69) is 15.1 Å². The zero-order valence-electron chi connectivity index (χ0n) is 18.1. The van der Waals surface area contributed by atoms with Gasteiger partial charge in [-0.25, -0.2) is 0 Å². The molecule has 29 heavy (non-hydrogen) atoms. The van der Waals surface area contributed by atoms with Gasteiger partial charge in [-0.15, -0.1) is 0 Å². The van der Waals surface area contributed by atoms with Crippen molar-refractivity contribution >= 4 is 11.8 Å². The summed E-state index contributed by atoms with van der Waals surface area (Å²) < 4.78 is 5.38. The number of H-pyrrole nitrogens is 1. The van der Waals surface area contributed by atoms with Gasteiger partial charge < -0.3 is 14.5 Å². The predicted molar refractivity (Wildman–Crippen MR) is 111 cm³/mol. The van der Waals surface area contributed by atoms with Crippen LogP contribution in [0.5, 0.6) is 0 Å². The predicted octanol–water partition coefficient (Wildman–Crippen LogP) is 0.988. The molecule has 2 aliphatic rings. The normalized spacial score (nSPS) is 20.9. The van der Waals surface area contributed by atoms with E-state index in [1.54, 1.807) is 0 Å². The monoisotopic (exact) mass is 405 g/mol. The quantitative estimate of drug-likeness (QED) is 0.698. The number of morpholine rings is 1. The van der Waals surface area contributed by atoms with E-state index in [4.69, 9.17) is 4.74 Å². The van der Waals surface area contributed by atoms with Crippen molar-refractivity contribution in [2.45, 2.75) is 39.5 Å². The summed E-state index contributed by atoms with van der Waals surface area (Å²) in [6.07, 6.45) is 2.88. The molecule has 8 heteroatoms. The summed E-state index contributed by atoms with van der Waals surface area (Å²) in [6, 6.07) is 0. The molecule has 0 unspecified atom stereocenters. The Balaban J connectivity index is 1.45. The van der Waals surface area contributed by atoms with Crippen LogP contribution < -0.4 is 0 Å². The summed E-state index contributed by atoms with van der Waals surface area (Å²) >= 11 is 0.